The summed E-state index contributed by atoms with van der Waals surface area (Å²) in [6, 6.07) is 11.6. The van der Waals surface area contributed by atoms with Crippen molar-refractivity contribution in [2.75, 3.05) is 6.54 Å². The van der Waals surface area contributed by atoms with E-state index < -0.39 is 0 Å². The highest BCUT2D eigenvalue weighted by atomic mass is 15.0. The van der Waals surface area contributed by atoms with Crippen molar-refractivity contribution in [1.82, 2.24) is 5.32 Å². The van der Waals surface area contributed by atoms with E-state index in [2.05, 4.69) is 42.6 Å². The maximum absolute atomic E-state index is 6.12. The van der Waals surface area contributed by atoms with Gasteiger partial charge in [0.25, 0.3) is 0 Å². The molecule has 0 heterocycles. The molecule has 0 saturated heterocycles. The van der Waals surface area contributed by atoms with Crippen LogP contribution in [0, 0.1) is 5.92 Å². The third kappa shape index (κ3) is 4.14. The number of aryl methyl sites for hydroxylation is 1. The fourth-order valence-corrected chi connectivity index (χ4v) is 2.49. The average Bonchev–Trinajstić information content (AvgIpc) is 2.32. The fourth-order valence-electron chi connectivity index (χ4n) is 2.49. The first-order valence-electron chi connectivity index (χ1n) is 6.77. The SMILES string of the molecule is CC1CC(NCC(N)CCc2ccccc2)C1. The maximum Gasteiger partial charge on any atom is 0.0168 e. The van der Waals surface area contributed by atoms with E-state index in [0.717, 1.165) is 31.3 Å². The van der Waals surface area contributed by atoms with Crippen LogP contribution in [0.1, 0.15) is 31.7 Å². The van der Waals surface area contributed by atoms with E-state index in [0.29, 0.717) is 0 Å². The third-order valence-corrected chi connectivity index (χ3v) is 3.69. The smallest absolute Gasteiger partial charge is 0.0168 e. The number of nitrogens with one attached hydrogen (secondary N) is 1. The van der Waals surface area contributed by atoms with Gasteiger partial charge in [-0.2, -0.15) is 0 Å². The summed E-state index contributed by atoms with van der Waals surface area (Å²) in [4.78, 5) is 0. The van der Waals surface area contributed by atoms with Gasteiger partial charge in [-0.05, 0) is 37.2 Å². The lowest BCUT2D eigenvalue weighted by molar-refractivity contribution is 0.237. The molecule has 0 amide bonds. The van der Waals surface area contributed by atoms with Gasteiger partial charge in [-0.1, -0.05) is 37.3 Å². The van der Waals surface area contributed by atoms with Gasteiger partial charge in [-0.15, -0.1) is 0 Å². The molecule has 94 valence electrons. The molecular weight excluding hydrogens is 208 g/mol. The van der Waals surface area contributed by atoms with Crippen LogP contribution in [0.4, 0.5) is 0 Å². The normalized spacial score (nSPS) is 25.3. The molecule has 1 aromatic rings. The lowest BCUT2D eigenvalue weighted by Gasteiger charge is -2.34. The first-order valence-corrected chi connectivity index (χ1v) is 6.77. The summed E-state index contributed by atoms with van der Waals surface area (Å²) in [7, 11) is 0. The van der Waals surface area contributed by atoms with Crippen LogP contribution in [-0.4, -0.2) is 18.6 Å². The molecule has 0 radical (unpaired) electrons. The molecular formula is C15H24N2. The van der Waals surface area contributed by atoms with Gasteiger partial charge in [0.2, 0.25) is 0 Å². The van der Waals surface area contributed by atoms with Crippen LogP contribution >= 0.6 is 0 Å². The number of hydrogen-bond donors (Lipinski definition) is 2. The van der Waals surface area contributed by atoms with Crippen molar-refractivity contribution in [3.05, 3.63) is 35.9 Å². The van der Waals surface area contributed by atoms with Crippen LogP contribution in [0.25, 0.3) is 0 Å². The highest BCUT2D eigenvalue weighted by Crippen LogP contribution is 2.26. The van der Waals surface area contributed by atoms with Gasteiger partial charge in [0, 0.05) is 18.6 Å². The van der Waals surface area contributed by atoms with Gasteiger partial charge >= 0.3 is 0 Å². The molecule has 3 N–H and O–H groups in total. The number of rotatable bonds is 6. The zero-order chi connectivity index (χ0) is 12.1. The van der Waals surface area contributed by atoms with Crippen LogP contribution in [-0.2, 0) is 6.42 Å². The summed E-state index contributed by atoms with van der Waals surface area (Å²) in [6.45, 7) is 3.28. The van der Waals surface area contributed by atoms with Gasteiger partial charge in [-0.25, -0.2) is 0 Å². The monoisotopic (exact) mass is 232 g/mol. The Morgan fingerprint density at radius 2 is 2.00 bits per heavy atom. The summed E-state index contributed by atoms with van der Waals surface area (Å²) in [5.41, 5.74) is 7.51. The second-order valence-corrected chi connectivity index (χ2v) is 5.47. The summed E-state index contributed by atoms with van der Waals surface area (Å²) >= 11 is 0. The van der Waals surface area contributed by atoms with Gasteiger partial charge in [0.15, 0.2) is 0 Å². The van der Waals surface area contributed by atoms with E-state index >= 15 is 0 Å². The van der Waals surface area contributed by atoms with Crippen LogP contribution in [0.3, 0.4) is 0 Å². The molecule has 1 unspecified atom stereocenters. The van der Waals surface area contributed by atoms with Crippen LogP contribution in [0.5, 0.6) is 0 Å². The summed E-state index contributed by atoms with van der Waals surface area (Å²) in [5, 5.41) is 3.56. The van der Waals surface area contributed by atoms with Gasteiger partial charge in [-0.3, -0.25) is 0 Å². The molecule has 17 heavy (non-hydrogen) atoms. The zero-order valence-electron chi connectivity index (χ0n) is 10.7. The summed E-state index contributed by atoms with van der Waals surface area (Å²) < 4.78 is 0. The minimum atomic E-state index is 0.283. The average molecular weight is 232 g/mol. The van der Waals surface area contributed by atoms with Crippen LogP contribution in [0.15, 0.2) is 30.3 Å². The highest BCUT2D eigenvalue weighted by molar-refractivity contribution is 5.14. The molecule has 2 rings (SSSR count). The van der Waals surface area contributed by atoms with E-state index in [4.69, 9.17) is 5.73 Å². The first kappa shape index (κ1) is 12.6. The van der Waals surface area contributed by atoms with Crippen molar-refractivity contribution in [2.45, 2.75) is 44.7 Å². The minimum absolute atomic E-state index is 0.283. The standard InChI is InChI=1S/C15H24N2/c1-12-9-15(10-12)17-11-14(16)8-7-13-5-3-2-4-6-13/h2-6,12,14-15,17H,7-11,16H2,1H3. The predicted octanol–water partition coefficient (Wildman–Crippen LogP) is 2.33. The van der Waals surface area contributed by atoms with Crippen molar-refractivity contribution >= 4 is 0 Å². The summed E-state index contributed by atoms with van der Waals surface area (Å²) in [6.07, 6.45) is 4.81. The van der Waals surface area contributed by atoms with Gasteiger partial charge in [0.05, 0.1) is 0 Å². The molecule has 1 atom stereocenters. The second-order valence-electron chi connectivity index (χ2n) is 5.47. The number of benzene rings is 1. The predicted molar refractivity (Wildman–Crippen MR) is 72.9 cm³/mol. The van der Waals surface area contributed by atoms with E-state index in [9.17, 15) is 0 Å². The Labute approximate surface area is 105 Å². The molecule has 1 aliphatic carbocycles. The maximum atomic E-state index is 6.12. The van der Waals surface area contributed by atoms with Gasteiger partial charge in [0.1, 0.15) is 0 Å². The Balaban J connectivity index is 1.59. The topological polar surface area (TPSA) is 38.0 Å². The van der Waals surface area contributed by atoms with E-state index in [1.807, 2.05) is 0 Å². The molecule has 2 heteroatoms. The van der Waals surface area contributed by atoms with Crippen molar-refractivity contribution in [1.29, 1.82) is 0 Å². The van der Waals surface area contributed by atoms with Crippen LogP contribution < -0.4 is 11.1 Å². The molecule has 1 aliphatic rings. The zero-order valence-corrected chi connectivity index (χ0v) is 10.7. The van der Waals surface area contributed by atoms with E-state index in [1.54, 1.807) is 0 Å². The molecule has 0 aromatic heterocycles. The third-order valence-electron chi connectivity index (χ3n) is 3.69. The van der Waals surface area contributed by atoms with Crippen molar-refractivity contribution in [3.8, 4) is 0 Å². The Bertz CT molecular complexity index is 317. The van der Waals surface area contributed by atoms with E-state index in [1.165, 1.54) is 18.4 Å². The molecule has 1 saturated carbocycles. The highest BCUT2D eigenvalue weighted by Gasteiger charge is 2.24. The molecule has 0 aliphatic heterocycles. The first-order chi connectivity index (χ1) is 8.24. The minimum Gasteiger partial charge on any atom is -0.327 e. The largest absolute Gasteiger partial charge is 0.327 e. The lowest BCUT2D eigenvalue weighted by atomic mass is 9.82. The Morgan fingerprint density at radius 1 is 1.29 bits per heavy atom. The molecule has 1 aromatic carbocycles. The molecule has 2 nitrogen and oxygen atoms in total. The van der Waals surface area contributed by atoms with Crippen LogP contribution in [0.2, 0.25) is 0 Å². The summed E-state index contributed by atoms with van der Waals surface area (Å²) in [5.74, 6) is 0.910. The van der Waals surface area contributed by atoms with Gasteiger partial charge < -0.3 is 11.1 Å². The quantitative estimate of drug-likeness (QED) is 0.790. The molecule has 1 fully saturated rings. The number of hydrogen-bond acceptors (Lipinski definition) is 2. The Morgan fingerprint density at radius 3 is 2.65 bits per heavy atom. The van der Waals surface area contributed by atoms with Crippen molar-refractivity contribution in [3.63, 3.8) is 0 Å². The van der Waals surface area contributed by atoms with Crippen molar-refractivity contribution < 1.29 is 0 Å². The number of nitrogens with two attached hydrogens (primary N) is 1. The Hall–Kier alpha value is -0.860. The Kier molecular flexibility index (Phi) is 4.57. The van der Waals surface area contributed by atoms with Crippen molar-refractivity contribution in [2.24, 2.45) is 11.7 Å². The lowest BCUT2D eigenvalue weighted by Crippen LogP contribution is -2.45. The molecule has 0 bridgehead atoms. The fraction of sp³-hybridized carbons (Fsp3) is 0.600. The second kappa shape index (κ2) is 6.18. The van der Waals surface area contributed by atoms with E-state index in [-0.39, 0.29) is 6.04 Å². The molecule has 0 spiro atoms.